The van der Waals surface area contributed by atoms with Crippen molar-refractivity contribution in [3.05, 3.63) is 49.5 Å². The molecule has 4 heteroatoms. The summed E-state index contributed by atoms with van der Waals surface area (Å²) in [7, 11) is 0. The molecule has 0 aliphatic carbocycles. The Labute approximate surface area is 133 Å². The minimum atomic E-state index is 0.925. The summed E-state index contributed by atoms with van der Waals surface area (Å²) in [6, 6.07) is 10.5. The van der Waals surface area contributed by atoms with E-state index in [0.717, 1.165) is 26.9 Å². The van der Waals surface area contributed by atoms with E-state index in [4.69, 9.17) is 4.98 Å². The van der Waals surface area contributed by atoms with Crippen LogP contribution >= 0.6 is 38.5 Å². The highest BCUT2D eigenvalue weighted by Gasteiger charge is 2.10. The molecule has 1 N–H and O–H groups in total. The standard InChI is InChI=1S/C15H12BrIN2/c1-8-5-9(2)14-13(6-8)18-15(19-14)11-7-10(16)3-4-12(11)17/h3-7H,1-2H3,(H,18,19). The predicted molar refractivity (Wildman–Crippen MR) is 91.4 cm³/mol. The molecule has 0 atom stereocenters. The van der Waals surface area contributed by atoms with Gasteiger partial charge in [-0.1, -0.05) is 22.0 Å². The average Bonchev–Trinajstić information content (AvgIpc) is 2.76. The van der Waals surface area contributed by atoms with E-state index < -0.39 is 0 Å². The molecular weight excluding hydrogens is 415 g/mol. The molecule has 3 aromatic rings. The van der Waals surface area contributed by atoms with Crippen LogP contribution in [0.4, 0.5) is 0 Å². The molecule has 0 spiro atoms. The molecule has 0 radical (unpaired) electrons. The lowest BCUT2D eigenvalue weighted by Crippen LogP contribution is -1.85. The second-order valence-corrected chi connectivity index (χ2v) is 6.77. The molecule has 19 heavy (non-hydrogen) atoms. The molecule has 96 valence electrons. The van der Waals surface area contributed by atoms with Crippen molar-refractivity contribution in [2.45, 2.75) is 13.8 Å². The smallest absolute Gasteiger partial charge is 0.139 e. The van der Waals surface area contributed by atoms with Gasteiger partial charge in [0.1, 0.15) is 5.82 Å². The third-order valence-electron chi connectivity index (χ3n) is 3.11. The Morgan fingerprint density at radius 1 is 1.16 bits per heavy atom. The summed E-state index contributed by atoms with van der Waals surface area (Å²) in [5, 5.41) is 0. The first-order valence-corrected chi connectivity index (χ1v) is 7.84. The van der Waals surface area contributed by atoms with Crippen LogP contribution < -0.4 is 0 Å². The number of rotatable bonds is 1. The first-order valence-electron chi connectivity index (χ1n) is 5.97. The summed E-state index contributed by atoms with van der Waals surface area (Å²) in [6.45, 7) is 4.21. The lowest BCUT2D eigenvalue weighted by molar-refractivity contribution is 1.32. The maximum atomic E-state index is 4.74. The maximum Gasteiger partial charge on any atom is 0.139 e. The van der Waals surface area contributed by atoms with Gasteiger partial charge < -0.3 is 4.98 Å². The number of halogens is 2. The second kappa shape index (κ2) is 4.90. The van der Waals surface area contributed by atoms with Gasteiger partial charge in [0, 0.05) is 13.6 Å². The molecule has 1 aromatic heterocycles. The number of benzene rings is 2. The largest absolute Gasteiger partial charge is 0.338 e. The van der Waals surface area contributed by atoms with E-state index in [9.17, 15) is 0 Å². The molecule has 0 unspecified atom stereocenters. The van der Waals surface area contributed by atoms with Crippen LogP contribution in [0.5, 0.6) is 0 Å². The molecule has 2 nitrogen and oxygen atoms in total. The molecule has 0 bridgehead atoms. The molecular formula is C15H12BrIN2. The molecule has 3 rings (SSSR count). The summed E-state index contributed by atoms with van der Waals surface area (Å²) in [6.07, 6.45) is 0. The summed E-state index contributed by atoms with van der Waals surface area (Å²) < 4.78 is 2.26. The van der Waals surface area contributed by atoms with E-state index in [1.54, 1.807) is 0 Å². The molecule has 0 aliphatic heterocycles. The Bertz CT molecular complexity index is 777. The van der Waals surface area contributed by atoms with Crippen molar-refractivity contribution in [3.63, 3.8) is 0 Å². The van der Waals surface area contributed by atoms with Crippen molar-refractivity contribution in [1.82, 2.24) is 9.97 Å². The Morgan fingerprint density at radius 2 is 1.95 bits per heavy atom. The first-order chi connectivity index (χ1) is 9.04. The van der Waals surface area contributed by atoms with Crippen molar-refractivity contribution >= 4 is 49.6 Å². The lowest BCUT2D eigenvalue weighted by Gasteiger charge is -2.01. The average molecular weight is 427 g/mol. The Balaban J connectivity index is 2.26. The van der Waals surface area contributed by atoms with Crippen LogP contribution in [0, 0.1) is 17.4 Å². The Hall–Kier alpha value is -0.880. The number of hydrogen-bond donors (Lipinski definition) is 1. The van der Waals surface area contributed by atoms with Gasteiger partial charge in [0.05, 0.1) is 11.0 Å². The van der Waals surface area contributed by atoms with Gasteiger partial charge in [-0.3, -0.25) is 0 Å². The summed E-state index contributed by atoms with van der Waals surface area (Å²) >= 11 is 5.86. The highest BCUT2D eigenvalue weighted by molar-refractivity contribution is 14.1. The van der Waals surface area contributed by atoms with Gasteiger partial charge in [0.2, 0.25) is 0 Å². The SMILES string of the molecule is Cc1cc(C)c2nc(-c3cc(Br)ccc3I)[nH]c2c1. The van der Waals surface area contributed by atoms with Crippen LogP contribution in [0.15, 0.2) is 34.8 Å². The minimum Gasteiger partial charge on any atom is -0.338 e. The van der Waals surface area contributed by atoms with Gasteiger partial charge in [-0.05, 0) is 71.8 Å². The monoisotopic (exact) mass is 426 g/mol. The number of aryl methyl sites for hydroxylation is 2. The van der Waals surface area contributed by atoms with Gasteiger partial charge in [-0.2, -0.15) is 0 Å². The van der Waals surface area contributed by atoms with Crippen molar-refractivity contribution in [1.29, 1.82) is 0 Å². The van der Waals surface area contributed by atoms with Gasteiger partial charge in [0.15, 0.2) is 0 Å². The predicted octanol–water partition coefficient (Wildman–Crippen LogP) is 5.21. The number of nitrogens with zero attached hydrogens (tertiary/aromatic N) is 1. The van der Waals surface area contributed by atoms with E-state index in [1.165, 1.54) is 14.7 Å². The van der Waals surface area contributed by atoms with E-state index in [2.05, 4.69) is 81.6 Å². The highest BCUT2D eigenvalue weighted by Crippen LogP contribution is 2.29. The fraction of sp³-hybridized carbons (Fsp3) is 0.133. The molecule has 0 aliphatic rings. The van der Waals surface area contributed by atoms with Crippen molar-refractivity contribution in [2.24, 2.45) is 0 Å². The van der Waals surface area contributed by atoms with Gasteiger partial charge in [-0.25, -0.2) is 4.98 Å². The van der Waals surface area contributed by atoms with Gasteiger partial charge >= 0.3 is 0 Å². The fourth-order valence-corrected chi connectivity index (χ4v) is 3.23. The zero-order valence-electron chi connectivity index (χ0n) is 10.6. The molecule has 1 heterocycles. The summed E-state index contributed by atoms with van der Waals surface area (Å²) in [4.78, 5) is 8.17. The zero-order valence-corrected chi connectivity index (χ0v) is 14.3. The molecule has 0 fully saturated rings. The first kappa shape index (κ1) is 13.1. The topological polar surface area (TPSA) is 28.7 Å². The van der Waals surface area contributed by atoms with E-state index in [1.807, 2.05) is 6.07 Å². The normalized spacial score (nSPS) is 11.2. The molecule has 0 amide bonds. The number of fused-ring (bicyclic) bond motifs is 1. The molecule has 2 aromatic carbocycles. The zero-order chi connectivity index (χ0) is 13.6. The summed E-state index contributed by atoms with van der Waals surface area (Å²) in [5.41, 5.74) is 5.74. The lowest BCUT2D eigenvalue weighted by atomic mass is 10.1. The van der Waals surface area contributed by atoms with Crippen molar-refractivity contribution < 1.29 is 0 Å². The fourth-order valence-electron chi connectivity index (χ4n) is 2.28. The van der Waals surface area contributed by atoms with Crippen LogP contribution in [0.3, 0.4) is 0 Å². The number of nitrogens with one attached hydrogen (secondary N) is 1. The number of hydrogen-bond acceptors (Lipinski definition) is 1. The van der Waals surface area contributed by atoms with Crippen LogP contribution in [-0.2, 0) is 0 Å². The van der Waals surface area contributed by atoms with Gasteiger partial charge in [-0.15, -0.1) is 0 Å². The number of aromatic nitrogens is 2. The van der Waals surface area contributed by atoms with E-state index >= 15 is 0 Å². The highest BCUT2D eigenvalue weighted by atomic mass is 127. The Kier molecular flexibility index (Phi) is 3.39. The van der Waals surface area contributed by atoms with Crippen LogP contribution in [0.25, 0.3) is 22.4 Å². The quantitative estimate of drug-likeness (QED) is 0.531. The molecule has 0 saturated carbocycles. The molecule has 0 saturated heterocycles. The number of aromatic amines is 1. The minimum absolute atomic E-state index is 0.925. The van der Waals surface area contributed by atoms with Crippen LogP contribution in [0.1, 0.15) is 11.1 Å². The van der Waals surface area contributed by atoms with Crippen molar-refractivity contribution in [3.8, 4) is 11.4 Å². The van der Waals surface area contributed by atoms with E-state index in [-0.39, 0.29) is 0 Å². The van der Waals surface area contributed by atoms with Crippen LogP contribution in [0.2, 0.25) is 0 Å². The summed E-state index contributed by atoms with van der Waals surface area (Å²) in [5.74, 6) is 0.925. The van der Waals surface area contributed by atoms with Gasteiger partial charge in [0.25, 0.3) is 0 Å². The Morgan fingerprint density at radius 3 is 2.74 bits per heavy atom. The third kappa shape index (κ3) is 2.43. The third-order valence-corrected chi connectivity index (χ3v) is 4.54. The van der Waals surface area contributed by atoms with Crippen molar-refractivity contribution in [2.75, 3.05) is 0 Å². The maximum absolute atomic E-state index is 4.74. The number of H-pyrrole nitrogens is 1. The second-order valence-electron chi connectivity index (χ2n) is 4.69. The number of imidazole rings is 1. The van der Waals surface area contributed by atoms with E-state index in [0.29, 0.717) is 0 Å². The van der Waals surface area contributed by atoms with Crippen LogP contribution in [-0.4, -0.2) is 9.97 Å².